The van der Waals surface area contributed by atoms with Gasteiger partial charge in [0, 0.05) is 25.7 Å². The van der Waals surface area contributed by atoms with Crippen molar-refractivity contribution in [2.75, 3.05) is 6.54 Å². The van der Waals surface area contributed by atoms with Gasteiger partial charge in [0.1, 0.15) is 6.04 Å². The summed E-state index contributed by atoms with van der Waals surface area (Å²) in [6, 6.07) is 8.50. The molecule has 1 unspecified atom stereocenters. The number of carboxylic acids is 1. The fourth-order valence-electron chi connectivity index (χ4n) is 2.69. The molecule has 19 heavy (non-hydrogen) atoms. The van der Waals surface area contributed by atoms with Crippen molar-refractivity contribution in [2.24, 2.45) is 0 Å². The molecule has 0 saturated heterocycles. The first kappa shape index (κ1) is 12.6. The molecule has 0 radical (unpaired) electrons. The lowest BCUT2D eigenvalue weighted by Gasteiger charge is -2.19. The van der Waals surface area contributed by atoms with Gasteiger partial charge in [-0.25, -0.2) is 0 Å². The molecule has 4 nitrogen and oxygen atoms in total. The van der Waals surface area contributed by atoms with E-state index in [2.05, 4.69) is 34.5 Å². The highest BCUT2D eigenvalue weighted by molar-refractivity contribution is 5.73. The molecule has 0 spiro atoms. The standard InChI is InChI=1S/C15H20N2O2/c18-15(19)14(16-13-5-6-13)7-8-17-9-11-3-1-2-4-12(11)10-17/h1-4,13-14,16H,5-10H2,(H,18,19). The van der Waals surface area contributed by atoms with Crippen LogP contribution < -0.4 is 5.32 Å². The number of rotatable bonds is 6. The number of aliphatic carboxylic acids is 1. The Hall–Kier alpha value is -1.39. The molecule has 1 atom stereocenters. The van der Waals surface area contributed by atoms with Gasteiger partial charge in [0.05, 0.1) is 0 Å². The van der Waals surface area contributed by atoms with Crippen LogP contribution in [0.4, 0.5) is 0 Å². The highest BCUT2D eigenvalue weighted by Crippen LogP contribution is 2.23. The van der Waals surface area contributed by atoms with Crippen LogP contribution in [0.15, 0.2) is 24.3 Å². The van der Waals surface area contributed by atoms with Gasteiger partial charge in [-0.2, -0.15) is 0 Å². The van der Waals surface area contributed by atoms with Crippen molar-refractivity contribution < 1.29 is 9.90 Å². The van der Waals surface area contributed by atoms with Gasteiger partial charge in [-0.3, -0.25) is 9.69 Å². The Morgan fingerprint density at radius 2 is 1.95 bits per heavy atom. The molecule has 0 aromatic heterocycles. The van der Waals surface area contributed by atoms with Crippen molar-refractivity contribution in [3.05, 3.63) is 35.4 Å². The number of carbonyl (C=O) groups is 1. The van der Waals surface area contributed by atoms with Gasteiger partial charge in [0.2, 0.25) is 0 Å². The van der Waals surface area contributed by atoms with E-state index in [0.29, 0.717) is 12.5 Å². The second kappa shape index (κ2) is 5.31. The Balaban J connectivity index is 1.51. The second-order valence-electron chi connectivity index (χ2n) is 5.60. The number of benzene rings is 1. The van der Waals surface area contributed by atoms with Crippen molar-refractivity contribution in [3.63, 3.8) is 0 Å². The summed E-state index contributed by atoms with van der Waals surface area (Å²) in [5, 5.41) is 12.4. The van der Waals surface area contributed by atoms with E-state index in [4.69, 9.17) is 0 Å². The zero-order chi connectivity index (χ0) is 13.2. The molecule has 1 heterocycles. The fourth-order valence-corrected chi connectivity index (χ4v) is 2.69. The third-order valence-corrected chi connectivity index (χ3v) is 3.95. The van der Waals surface area contributed by atoms with Crippen LogP contribution in [0.1, 0.15) is 30.4 Å². The summed E-state index contributed by atoms with van der Waals surface area (Å²) >= 11 is 0. The highest BCUT2D eigenvalue weighted by Gasteiger charge is 2.29. The number of nitrogens with one attached hydrogen (secondary N) is 1. The molecule has 2 N–H and O–H groups in total. The smallest absolute Gasteiger partial charge is 0.320 e. The van der Waals surface area contributed by atoms with Crippen LogP contribution in [0.3, 0.4) is 0 Å². The van der Waals surface area contributed by atoms with Gasteiger partial charge in [-0.1, -0.05) is 24.3 Å². The average molecular weight is 260 g/mol. The topological polar surface area (TPSA) is 52.6 Å². The third kappa shape index (κ3) is 3.14. The second-order valence-corrected chi connectivity index (χ2v) is 5.60. The van der Waals surface area contributed by atoms with Gasteiger partial charge in [-0.15, -0.1) is 0 Å². The van der Waals surface area contributed by atoms with E-state index < -0.39 is 12.0 Å². The molecular weight excluding hydrogens is 240 g/mol. The lowest BCUT2D eigenvalue weighted by Crippen LogP contribution is -2.40. The highest BCUT2D eigenvalue weighted by atomic mass is 16.4. The van der Waals surface area contributed by atoms with Crippen molar-refractivity contribution in [1.82, 2.24) is 10.2 Å². The summed E-state index contributed by atoms with van der Waals surface area (Å²) in [6.07, 6.45) is 2.93. The molecular formula is C15H20N2O2. The Bertz CT molecular complexity index is 446. The first-order valence-corrected chi connectivity index (χ1v) is 7.00. The first-order valence-electron chi connectivity index (χ1n) is 7.00. The molecule has 1 saturated carbocycles. The van der Waals surface area contributed by atoms with Crippen LogP contribution in [0, 0.1) is 0 Å². The molecule has 1 fully saturated rings. The van der Waals surface area contributed by atoms with Gasteiger partial charge in [0.15, 0.2) is 0 Å². The molecule has 102 valence electrons. The summed E-state index contributed by atoms with van der Waals surface area (Å²) < 4.78 is 0. The maximum Gasteiger partial charge on any atom is 0.320 e. The SMILES string of the molecule is O=C(O)C(CCN1Cc2ccccc2C1)NC1CC1. The summed E-state index contributed by atoms with van der Waals surface area (Å²) in [5.41, 5.74) is 2.76. The zero-order valence-corrected chi connectivity index (χ0v) is 11.0. The predicted molar refractivity (Wildman–Crippen MR) is 72.8 cm³/mol. The summed E-state index contributed by atoms with van der Waals surface area (Å²) in [7, 11) is 0. The van der Waals surface area contributed by atoms with Crippen molar-refractivity contribution >= 4 is 5.97 Å². The summed E-state index contributed by atoms with van der Waals surface area (Å²) in [4.78, 5) is 13.5. The molecule has 4 heteroatoms. The van der Waals surface area contributed by atoms with Crippen LogP contribution in [0.25, 0.3) is 0 Å². The van der Waals surface area contributed by atoms with Crippen LogP contribution in [-0.2, 0) is 17.9 Å². The molecule has 1 aromatic carbocycles. The fraction of sp³-hybridized carbons (Fsp3) is 0.533. The minimum absolute atomic E-state index is 0.392. The quantitative estimate of drug-likeness (QED) is 0.815. The van der Waals surface area contributed by atoms with E-state index in [1.807, 2.05) is 0 Å². The Morgan fingerprint density at radius 1 is 1.32 bits per heavy atom. The Morgan fingerprint density at radius 3 is 2.47 bits per heavy atom. The van der Waals surface area contributed by atoms with Gasteiger partial charge >= 0.3 is 5.97 Å². The average Bonchev–Trinajstić information content (AvgIpc) is 3.11. The van der Waals surface area contributed by atoms with Crippen molar-refractivity contribution in [1.29, 1.82) is 0 Å². The van der Waals surface area contributed by atoms with E-state index in [-0.39, 0.29) is 0 Å². The van der Waals surface area contributed by atoms with Crippen LogP contribution in [0.5, 0.6) is 0 Å². The first-order chi connectivity index (χ1) is 9.22. The molecule has 0 amide bonds. The summed E-state index contributed by atoms with van der Waals surface area (Å²) in [6.45, 7) is 2.74. The normalized spacial score (nSPS) is 20.2. The summed E-state index contributed by atoms with van der Waals surface area (Å²) in [5.74, 6) is -0.719. The minimum Gasteiger partial charge on any atom is -0.480 e. The van der Waals surface area contributed by atoms with E-state index >= 15 is 0 Å². The third-order valence-electron chi connectivity index (χ3n) is 3.95. The van der Waals surface area contributed by atoms with Crippen molar-refractivity contribution in [2.45, 2.75) is 44.4 Å². The number of hydrogen-bond donors (Lipinski definition) is 2. The molecule has 2 aliphatic rings. The number of carboxylic acid groups (broad SMARTS) is 1. The van der Waals surface area contributed by atoms with Crippen LogP contribution >= 0.6 is 0 Å². The molecule has 1 aromatic rings. The van der Waals surface area contributed by atoms with Gasteiger partial charge in [0.25, 0.3) is 0 Å². The molecule has 3 rings (SSSR count). The number of nitrogens with zero attached hydrogens (tertiary/aromatic N) is 1. The lowest BCUT2D eigenvalue weighted by molar-refractivity contribution is -0.139. The Kier molecular flexibility index (Phi) is 3.53. The predicted octanol–water partition coefficient (Wildman–Crippen LogP) is 1.60. The lowest BCUT2D eigenvalue weighted by atomic mass is 10.1. The number of hydrogen-bond acceptors (Lipinski definition) is 3. The monoisotopic (exact) mass is 260 g/mol. The molecule has 0 bridgehead atoms. The van der Waals surface area contributed by atoms with E-state index in [1.54, 1.807) is 0 Å². The van der Waals surface area contributed by atoms with E-state index in [9.17, 15) is 9.90 Å². The zero-order valence-electron chi connectivity index (χ0n) is 11.0. The van der Waals surface area contributed by atoms with Gasteiger partial charge in [-0.05, 0) is 30.4 Å². The van der Waals surface area contributed by atoms with Gasteiger partial charge < -0.3 is 10.4 Å². The maximum atomic E-state index is 11.2. The Labute approximate surface area is 113 Å². The molecule has 1 aliphatic heterocycles. The maximum absolute atomic E-state index is 11.2. The van der Waals surface area contributed by atoms with E-state index in [1.165, 1.54) is 11.1 Å². The minimum atomic E-state index is -0.719. The van der Waals surface area contributed by atoms with Crippen LogP contribution in [-0.4, -0.2) is 34.6 Å². The van der Waals surface area contributed by atoms with E-state index in [0.717, 1.165) is 32.5 Å². The van der Waals surface area contributed by atoms with Crippen LogP contribution in [0.2, 0.25) is 0 Å². The largest absolute Gasteiger partial charge is 0.480 e. The van der Waals surface area contributed by atoms with Crippen molar-refractivity contribution in [3.8, 4) is 0 Å². The number of fused-ring (bicyclic) bond motifs is 1. The molecule has 1 aliphatic carbocycles.